The molecule has 0 unspecified atom stereocenters. The Balaban J connectivity index is 1.66. The number of nitrogens with zero attached hydrogens (tertiary/aromatic N) is 2. The van der Waals surface area contributed by atoms with Crippen LogP contribution in [0.15, 0.2) is 42.6 Å². The van der Waals surface area contributed by atoms with Gasteiger partial charge in [0.05, 0.1) is 5.56 Å². The molecule has 1 saturated carbocycles. The molecule has 2 aromatic rings. The van der Waals surface area contributed by atoms with Gasteiger partial charge in [0, 0.05) is 37.7 Å². The minimum Gasteiger partial charge on any atom is -0.378 e. The van der Waals surface area contributed by atoms with Crippen LogP contribution in [0.2, 0.25) is 0 Å². The first-order chi connectivity index (χ1) is 10.6. The molecular formula is C17H20N4O. The first kappa shape index (κ1) is 14.4. The van der Waals surface area contributed by atoms with E-state index >= 15 is 0 Å². The van der Waals surface area contributed by atoms with Crippen LogP contribution in [0.25, 0.3) is 0 Å². The summed E-state index contributed by atoms with van der Waals surface area (Å²) >= 11 is 0. The number of carbonyl (C=O) groups is 1. The quantitative estimate of drug-likeness (QED) is 0.890. The largest absolute Gasteiger partial charge is 0.378 e. The Kier molecular flexibility index (Phi) is 3.96. The number of amides is 1. The third kappa shape index (κ3) is 3.55. The van der Waals surface area contributed by atoms with Crippen molar-refractivity contribution in [1.82, 2.24) is 4.98 Å². The molecule has 0 saturated heterocycles. The molecule has 1 aliphatic rings. The molecule has 0 aliphatic heterocycles. The van der Waals surface area contributed by atoms with E-state index in [0.29, 0.717) is 11.6 Å². The Labute approximate surface area is 130 Å². The number of benzene rings is 1. The fourth-order valence-corrected chi connectivity index (χ4v) is 2.12. The van der Waals surface area contributed by atoms with E-state index in [-0.39, 0.29) is 5.91 Å². The van der Waals surface area contributed by atoms with Crippen LogP contribution in [0.1, 0.15) is 23.2 Å². The van der Waals surface area contributed by atoms with Crippen LogP contribution in [-0.2, 0) is 0 Å². The average molecular weight is 296 g/mol. The molecule has 1 amide bonds. The summed E-state index contributed by atoms with van der Waals surface area (Å²) in [6, 6.07) is 11.9. The minimum absolute atomic E-state index is 0.152. The van der Waals surface area contributed by atoms with E-state index in [0.717, 1.165) is 17.2 Å². The zero-order chi connectivity index (χ0) is 15.5. The van der Waals surface area contributed by atoms with Crippen molar-refractivity contribution in [2.24, 2.45) is 0 Å². The number of anilines is 3. The standard InChI is InChI=1S/C17H20N4O/c1-21(2)15-5-3-4-14(10-15)20-17(22)12-6-9-16(18-11-12)19-13-7-8-13/h3-6,9-11,13H,7-8H2,1-2H3,(H,18,19)(H,20,22). The van der Waals surface area contributed by atoms with Crippen LogP contribution in [0, 0.1) is 0 Å². The smallest absolute Gasteiger partial charge is 0.257 e. The Morgan fingerprint density at radius 1 is 1.23 bits per heavy atom. The van der Waals surface area contributed by atoms with Crippen molar-refractivity contribution in [1.29, 1.82) is 0 Å². The molecule has 0 radical (unpaired) electrons. The number of pyridine rings is 1. The second kappa shape index (κ2) is 6.05. The van der Waals surface area contributed by atoms with Gasteiger partial charge < -0.3 is 15.5 Å². The molecule has 0 spiro atoms. The maximum atomic E-state index is 12.3. The monoisotopic (exact) mass is 296 g/mol. The lowest BCUT2D eigenvalue weighted by molar-refractivity contribution is 0.102. The third-order valence-electron chi connectivity index (χ3n) is 3.58. The minimum atomic E-state index is -0.152. The molecule has 3 rings (SSSR count). The summed E-state index contributed by atoms with van der Waals surface area (Å²) in [5.74, 6) is 0.676. The fraction of sp³-hybridized carbons (Fsp3) is 0.294. The molecule has 1 aliphatic carbocycles. The molecule has 5 heteroatoms. The molecule has 0 bridgehead atoms. The van der Waals surface area contributed by atoms with Gasteiger partial charge in [-0.25, -0.2) is 4.98 Å². The van der Waals surface area contributed by atoms with Crippen LogP contribution in [0.4, 0.5) is 17.2 Å². The first-order valence-corrected chi connectivity index (χ1v) is 7.43. The topological polar surface area (TPSA) is 57.3 Å². The fourth-order valence-electron chi connectivity index (χ4n) is 2.12. The Hall–Kier alpha value is -2.56. The van der Waals surface area contributed by atoms with E-state index in [2.05, 4.69) is 15.6 Å². The van der Waals surface area contributed by atoms with Crippen molar-refractivity contribution in [3.05, 3.63) is 48.2 Å². The molecule has 0 atom stereocenters. The number of hydrogen-bond donors (Lipinski definition) is 2. The van der Waals surface area contributed by atoms with Crippen molar-refractivity contribution in [2.75, 3.05) is 29.6 Å². The number of hydrogen-bond acceptors (Lipinski definition) is 4. The predicted octanol–water partition coefficient (Wildman–Crippen LogP) is 2.97. The SMILES string of the molecule is CN(C)c1cccc(NC(=O)c2ccc(NC3CC3)nc2)c1. The summed E-state index contributed by atoms with van der Waals surface area (Å²) in [6.07, 6.45) is 4.01. The maximum absolute atomic E-state index is 12.3. The Bertz CT molecular complexity index is 663. The number of nitrogens with one attached hydrogen (secondary N) is 2. The number of carbonyl (C=O) groups excluding carboxylic acids is 1. The molecule has 114 valence electrons. The summed E-state index contributed by atoms with van der Waals surface area (Å²) in [7, 11) is 3.94. The summed E-state index contributed by atoms with van der Waals surface area (Å²) in [4.78, 5) is 18.5. The molecule has 22 heavy (non-hydrogen) atoms. The van der Waals surface area contributed by atoms with Gasteiger partial charge in [0.25, 0.3) is 5.91 Å². The lowest BCUT2D eigenvalue weighted by Gasteiger charge is -2.14. The highest BCUT2D eigenvalue weighted by Gasteiger charge is 2.21. The summed E-state index contributed by atoms with van der Waals surface area (Å²) in [5, 5.41) is 6.20. The zero-order valence-electron chi connectivity index (χ0n) is 12.8. The van der Waals surface area contributed by atoms with Gasteiger partial charge in [0.1, 0.15) is 5.82 Å². The molecule has 1 fully saturated rings. The zero-order valence-corrected chi connectivity index (χ0v) is 12.8. The first-order valence-electron chi connectivity index (χ1n) is 7.43. The lowest BCUT2D eigenvalue weighted by Crippen LogP contribution is -2.14. The third-order valence-corrected chi connectivity index (χ3v) is 3.58. The number of rotatable bonds is 5. The second-order valence-electron chi connectivity index (χ2n) is 5.75. The van der Waals surface area contributed by atoms with Crippen LogP contribution in [0.3, 0.4) is 0 Å². The van der Waals surface area contributed by atoms with Gasteiger partial charge in [-0.05, 0) is 43.2 Å². The van der Waals surface area contributed by atoms with Crippen molar-refractivity contribution >= 4 is 23.1 Å². The van der Waals surface area contributed by atoms with Crippen LogP contribution in [0.5, 0.6) is 0 Å². The second-order valence-corrected chi connectivity index (χ2v) is 5.75. The molecule has 1 heterocycles. The van der Waals surface area contributed by atoms with Crippen molar-refractivity contribution in [3.63, 3.8) is 0 Å². The molecule has 5 nitrogen and oxygen atoms in total. The van der Waals surface area contributed by atoms with Gasteiger partial charge in [-0.2, -0.15) is 0 Å². The summed E-state index contributed by atoms with van der Waals surface area (Å²) < 4.78 is 0. The van der Waals surface area contributed by atoms with E-state index in [1.165, 1.54) is 12.8 Å². The summed E-state index contributed by atoms with van der Waals surface area (Å²) in [5.41, 5.74) is 2.37. The van der Waals surface area contributed by atoms with Crippen LogP contribution < -0.4 is 15.5 Å². The predicted molar refractivity (Wildman–Crippen MR) is 89.6 cm³/mol. The highest BCUT2D eigenvalue weighted by atomic mass is 16.1. The van der Waals surface area contributed by atoms with Gasteiger partial charge in [-0.15, -0.1) is 0 Å². The molecule has 2 N–H and O–H groups in total. The summed E-state index contributed by atoms with van der Waals surface area (Å²) in [6.45, 7) is 0. The maximum Gasteiger partial charge on any atom is 0.257 e. The van der Waals surface area contributed by atoms with E-state index in [1.807, 2.05) is 49.3 Å². The highest BCUT2D eigenvalue weighted by Crippen LogP contribution is 2.23. The van der Waals surface area contributed by atoms with Crippen molar-refractivity contribution in [2.45, 2.75) is 18.9 Å². The average Bonchev–Trinajstić information content (AvgIpc) is 3.32. The Morgan fingerprint density at radius 2 is 2.05 bits per heavy atom. The van der Waals surface area contributed by atoms with Gasteiger partial charge in [0.15, 0.2) is 0 Å². The van der Waals surface area contributed by atoms with Gasteiger partial charge in [-0.3, -0.25) is 4.79 Å². The van der Waals surface area contributed by atoms with Gasteiger partial charge in [-0.1, -0.05) is 6.07 Å². The van der Waals surface area contributed by atoms with Crippen LogP contribution in [-0.4, -0.2) is 31.0 Å². The highest BCUT2D eigenvalue weighted by molar-refractivity contribution is 6.04. The van der Waals surface area contributed by atoms with E-state index in [1.54, 1.807) is 12.3 Å². The number of aromatic nitrogens is 1. The molecular weight excluding hydrogens is 276 g/mol. The van der Waals surface area contributed by atoms with Crippen molar-refractivity contribution in [3.8, 4) is 0 Å². The molecule has 1 aromatic carbocycles. The lowest BCUT2D eigenvalue weighted by atomic mass is 10.2. The van der Waals surface area contributed by atoms with Crippen molar-refractivity contribution < 1.29 is 4.79 Å². The normalized spacial score (nSPS) is 13.5. The van der Waals surface area contributed by atoms with E-state index in [4.69, 9.17) is 0 Å². The van der Waals surface area contributed by atoms with Gasteiger partial charge >= 0.3 is 0 Å². The van der Waals surface area contributed by atoms with E-state index < -0.39 is 0 Å². The Morgan fingerprint density at radius 3 is 2.68 bits per heavy atom. The van der Waals surface area contributed by atoms with E-state index in [9.17, 15) is 4.79 Å². The molecule has 1 aromatic heterocycles. The van der Waals surface area contributed by atoms with Gasteiger partial charge in [0.2, 0.25) is 0 Å². The van der Waals surface area contributed by atoms with Crippen LogP contribution >= 0.6 is 0 Å².